The minimum Gasteiger partial charge on any atom is -0.368 e. The summed E-state index contributed by atoms with van der Waals surface area (Å²) < 4.78 is 1.37. The molecule has 0 spiro atoms. The molecular formula is C17H17N5O2. The topological polar surface area (TPSA) is 103 Å². The molecular weight excluding hydrogens is 306 g/mol. The SMILES string of the molecule is Cc1nc2ccccc2c(C)c1C(=O)Nc1cnn(CC(N)=O)c1. The van der Waals surface area contributed by atoms with Gasteiger partial charge in [-0.3, -0.25) is 19.3 Å². The molecule has 0 fully saturated rings. The fraction of sp³-hybridized carbons (Fsp3) is 0.176. The van der Waals surface area contributed by atoms with E-state index >= 15 is 0 Å². The van der Waals surface area contributed by atoms with Gasteiger partial charge in [0.05, 0.1) is 28.7 Å². The van der Waals surface area contributed by atoms with Crippen molar-refractivity contribution in [3.63, 3.8) is 0 Å². The molecule has 0 bridgehead atoms. The van der Waals surface area contributed by atoms with Gasteiger partial charge in [0, 0.05) is 11.6 Å². The smallest absolute Gasteiger partial charge is 0.257 e. The fourth-order valence-corrected chi connectivity index (χ4v) is 2.73. The molecule has 0 saturated heterocycles. The van der Waals surface area contributed by atoms with Crippen molar-refractivity contribution in [3.8, 4) is 0 Å². The van der Waals surface area contributed by atoms with Crippen molar-refractivity contribution in [3.05, 3.63) is 53.5 Å². The van der Waals surface area contributed by atoms with Crippen molar-refractivity contribution in [1.82, 2.24) is 14.8 Å². The lowest BCUT2D eigenvalue weighted by Gasteiger charge is -2.11. The predicted octanol–water partition coefficient (Wildman–Crippen LogP) is 1.79. The summed E-state index contributed by atoms with van der Waals surface area (Å²) in [5.41, 5.74) is 8.55. The number of amides is 2. The maximum Gasteiger partial charge on any atom is 0.257 e. The zero-order valence-corrected chi connectivity index (χ0v) is 13.4. The number of nitrogens with one attached hydrogen (secondary N) is 1. The lowest BCUT2D eigenvalue weighted by Crippen LogP contribution is -2.19. The summed E-state index contributed by atoms with van der Waals surface area (Å²) in [4.78, 5) is 28.1. The van der Waals surface area contributed by atoms with Gasteiger partial charge in [0.1, 0.15) is 6.54 Å². The Morgan fingerprint density at radius 1 is 1.25 bits per heavy atom. The molecule has 0 atom stereocenters. The van der Waals surface area contributed by atoms with Crippen LogP contribution in [-0.4, -0.2) is 26.6 Å². The summed E-state index contributed by atoms with van der Waals surface area (Å²) in [6.07, 6.45) is 3.03. The maximum absolute atomic E-state index is 12.7. The van der Waals surface area contributed by atoms with Crippen LogP contribution in [0.15, 0.2) is 36.7 Å². The minimum atomic E-state index is -0.499. The average molecular weight is 323 g/mol. The van der Waals surface area contributed by atoms with Gasteiger partial charge in [0.2, 0.25) is 5.91 Å². The second-order valence-corrected chi connectivity index (χ2v) is 5.56. The number of primary amides is 1. The molecule has 1 aromatic carbocycles. The maximum atomic E-state index is 12.7. The molecule has 0 unspecified atom stereocenters. The van der Waals surface area contributed by atoms with Gasteiger partial charge in [-0.1, -0.05) is 18.2 Å². The summed E-state index contributed by atoms with van der Waals surface area (Å²) in [6.45, 7) is 3.68. The van der Waals surface area contributed by atoms with Crippen LogP contribution in [0.3, 0.4) is 0 Å². The van der Waals surface area contributed by atoms with E-state index < -0.39 is 5.91 Å². The lowest BCUT2D eigenvalue weighted by atomic mass is 10.0. The number of benzene rings is 1. The van der Waals surface area contributed by atoms with Crippen LogP contribution in [0, 0.1) is 13.8 Å². The van der Waals surface area contributed by atoms with E-state index in [2.05, 4.69) is 15.4 Å². The Labute approximate surface area is 138 Å². The molecule has 24 heavy (non-hydrogen) atoms. The van der Waals surface area contributed by atoms with Gasteiger partial charge >= 0.3 is 0 Å². The summed E-state index contributed by atoms with van der Waals surface area (Å²) in [6, 6.07) is 7.70. The Kier molecular flexibility index (Phi) is 3.99. The number of rotatable bonds is 4. The molecule has 2 aromatic heterocycles. The van der Waals surface area contributed by atoms with Crippen molar-refractivity contribution in [2.45, 2.75) is 20.4 Å². The number of carbonyl (C=O) groups excluding carboxylic acids is 2. The van der Waals surface area contributed by atoms with Crippen LogP contribution in [0.5, 0.6) is 0 Å². The number of aryl methyl sites for hydroxylation is 2. The minimum absolute atomic E-state index is 0.0363. The van der Waals surface area contributed by atoms with Crippen LogP contribution < -0.4 is 11.1 Å². The van der Waals surface area contributed by atoms with Crippen LogP contribution in [-0.2, 0) is 11.3 Å². The number of anilines is 1. The number of pyridine rings is 1. The first kappa shape index (κ1) is 15.7. The monoisotopic (exact) mass is 323 g/mol. The van der Waals surface area contributed by atoms with Crippen LogP contribution in [0.4, 0.5) is 5.69 Å². The quantitative estimate of drug-likeness (QED) is 0.764. The number of nitrogens with zero attached hydrogens (tertiary/aromatic N) is 3. The summed E-state index contributed by atoms with van der Waals surface area (Å²) in [7, 11) is 0. The van der Waals surface area contributed by atoms with Gasteiger partial charge in [-0.2, -0.15) is 5.10 Å². The zero-order chi connectivity index (χ0) is 17.3. The van der Waals surface area contributed by atoms with E-state index in [1.54, 1.807) is 6.20 Å². The Bertz CT molecular complexity index is 945. The number of fused-ring (bicyclic) bond motifs is 1. The first-order valence-corrected chi connectivity index (χ1v) is 7.44. The van der Waals surface area contributed by atoms with E-state index in [1.165, 1.54) is 10.9 Å². The Balaban J connectivity index is 1.91. The highest BCUT2D eigenvalue weighted by Gasteiger charge is 2.17. The Hall–Kier alpha value is -3.22. The summed E-state index contributed by atoms with van der Waals surface area (Å²) in [5.74, 6) is -0.761. The normalized spacial score (nSPS) is 10.8. The Morgan fingerprint density at radius 3 is 2.75 bits per heavy atom. The molecule has 7 heteroatoms. The molecule has 0 aliphatic heterocycles. The molecule has 2 amide bonds. The second-order valence-electron chi connectivity index (χ2n) is 5.56. The predicted molar refractivity (Wildman–Crippen MR) is 90.6 cm³/mol. The van der Waals surface area contributed by atoms with E-state index in [9.17, 15) is 9.59 Å². The van der Waals surface area contributed by atoms with Crippen LogP contribution in [0.1, 0.15) is 21.6 Å². The summed E-state index contributed by atoms with van der Waals surface area (Å²) in [5, 5.41) is 7.71. The lowest BCUT2D eigenvalue weighted by molar-refractivity contribution is -0.118. The molecule has 0 aliphatic carbocycles. The standard InChI is InChI=1S/C17H17N5O2/c1-10-13-5-3-4-6-14(13)20-11(2)16(10)17(24)21-12-7-19-22(8-12)9-15(18)23/h3-8H,9H2,1-2H3,(H2,18,23)(H,21,24). The van der Waals surface area contributed by atoms with Crippen LogP contribution >= 0.6 is 0 Å². The van der Waals surface area contributed by atoms with Crippen molar-refractivity contribution in [2.75, 3.05) is 5.32 Å². The van der Waals surface area contributed by atoms with Crippen molar-refractivity contribution in [1.29, 1.82) is 0 Å². The number of aromatic nitrogens is 3. The number of carbonyl (C=O) groups is 2. The van der Waals surface area contributed by atoms with Crippen molar-refractivity contribution in [2.24, 2.45) is 5.73 Å². The van der Waals surface area contributed by atoms with Gasteiger partial charge < -0.3 is 11.1 Å². The third-order valence-electron chi connectivity index (χ3n) is 3.77. The largest absolute Gasteiger partial charge is 0.368 e. The number of hydrogen-bond acceptors (Lipinski definition) is 4. The molecule has 0 aliphatic rings. The molecule has 2 heterocycles. The first-order chi connectivity index (χ1) is 11.5. The van der Waals surface area contributed by atoms with Gasteiger partial charge in [-0.05, 0) is 25.5 Å². The third kappa shape index (κ3) is 2.96. The molecule has 122 valence electrons. The highest BCUT2D eigenvalue weighted by atomic mass is 16.2. The number of nitrogens with two attached hydrogens (primary N) is 1. The molecule has 0 radical (unpaired) electrons. The first-order valence-electron chi connectivity index (χ1n) is 7.44. The van der Waals surface area contributed by atoms with Gasteiger partial charge in [-0.15, -0.1) is 0 Å². The van der Waals surface area contributed by atoms with E-state index in [0.29, 0.717) is 16.9 Å². The van der Waals surface area contributed by atoms with Crippen molar-refractivity contribution < 1.29 is 9.59 Å². The average Bonchev–Trinajstić information content (AvgIpc) is 2.93. The van der Waals surface area contributed by atoms with E-state index in [4.69, 9.17) is 5.73 Å². The van der Waals surface area contributed by atoms with Crippen molar-refractivity contribution >= 4 is 28.4 Å². The molecule has 7 nitrogen and oxygen atoms in total. The highest BCUT2D eigenvalue weighted by Crippen LogP contribution is 2.23. The zero-order valence-electron chi connectivity index (χ0n) is 13.4. The second kappa shape index (κ2) is 6.11. The molecule has 0 saturated carbocycles. The van der Waals surface area contributed by atoms with E-state index in [1.807, 2.05) is 38.1 Å². The molecule has 3 N–H and O–H groups in total. The third-order valence-corrected chi connectivity index (χ3v) is 3.77. The number of hydrogen-bond donors (Lipinski definition) is 2. The van der Waals surface area contributed by atoms with Gasteiger partial charge in [0.15, 0.2) is 0 Å². The van der Waals surface area contributed by atoms with E-state index in [0.717, 1.165) is 16.5 Å². The fourth-order valence-electron chi connectivity index (χ4n) is 2.73. The number of para-hydroxylation sites is 1. The van der Waals surface area contributed by atoms with Crippen LogP contribution in [0.25, 0.3) is 10.9 Å². The molecule has 3 aromatic rings. The van der Waals surface area contributed by atoms with Crippen LogP contribution in [0.2, 0.25) is 0 Å². The highest BCUT2D eigenvalue weighted by molar-refractivity contribution is 6.08. The Morgan fingerprint density at radius 2 is 2.00 bits per heavy atom. The molecule has 3 rings (SSSR count). The van der Waals surface area contributed by atoms with Gasteiger partial charge in [0.25, 0.3) is 5.91 Å². The summed E-state index contributed by atoms with van der Waals surface area (Å²) >= 11 is 0. The van der Waals surface area contributed by atoms with E-state index in [-0.39, 0.29) is 12.5 Å². The van der Waals surface area contributed by atoms with Gasteiger partial charge in [-0.25, -0.2) is 0 Å².